The molecule has 0 spiro atoms. The fourth-order valence-electron chi connectivity index (χ4n) is 3.11. The molecule has 3 rings (SSSR count). The smallest absolute Gasteiger partial charge is 0.336 e. The molecule has 0 unspecified atom stereocenters. The largest absolute Gasteiger partial charge is 0.485 e. The van der Waals surface area contributed by atoms with Crippen LogP contribution in [-0.2, 0) is 6.42 Å². The summed E-state index contributed by atoms with van der Waals surface area (Å²) in [5.74, 6) is 0.498. The van der Waals surface area contributed by atoms with Gasteiger partial charge in [-0.15, -0.1) is 0 Å². The lowest BCUT2D eigenvalue weighted by Gasteiger charge is -2.13. The van der Waals surface area contributed by atoms with E-state index in [-0.39, 0.29) is 18.0 Å². The van der Waals surface area contributed by atoms with Crippen molar-refractivity contribution in [2.75, 3.05) is 6.61 Å². The van der Waals surface area contributed by atoms with Crippen LogP contribution in [0.3, 0.4) is 0 Å². The molecule has 1 aromatic heterocycles. The van der Waals surface area contributed by atoms with Crippen molar-refractivity contribution in [3.63, 3.8) is 0 Å². The third-order valence-corrected chi connectivity index (χ3v) is 4.57. The van der Waals surface area contributed by atoms with E-state index < -0.39 is 0 Å². The molecule has 2 aromatic carbocycles. The van der Waals surface area contributed by atoms with E-state index in [4.69, 9.17) is 9.15 Å². The number of ether oxygens (including phenoxy) is 1. The zero-order valence-electron chi connectivity index (χ0n) is 16.0. The summed E-state index contributed by atoms with van der Waals surface area (Å²) < 4.78 is 11.3. The molecule has 4 nitrogen and oxygen atoms in total. The van der Waals surface area contributed by atoms with E-state index in [1.807, 2.05) is 38.1 Å². The second-order valence-electron chi connectivity index (χ2n) is 6.91. The zero-order valence-corrected chi connectivity index (χ0v) is 16.0. The molecule has 0 saturated carbocycles. The summed E-state index contributed by atoms with van der Waals surface area (Å²) in [7, 11) is 0. The SMILES string of the molecule is CCCCc1cc(=O)oc2cc(C)cc(OCC(=O)c3ccc(C)cc3)c12. The molecule has 140 valence electrons. The van der Waals surface area contributed by atoms with Gasteiger partial charge in [0.05, 0.1) is 5.39 Å². The van der Waals surface area contributed by atoms with Crippen LogP contribution in [0.25, 0.3) is 11.0 Å². The fourth-order valence-corrected chi connectivity index (χ4v) is 3.11. The Morgan fingerprint density at radius 2 is 1.78 bits per heavy atom. The number of aryl methyl sites for hydroxylation is 3. The minimum atomic E-state index is -0.360. The molecule has 0 saturated heterocycles. The van der Waals surface area contributed by atoms with Crippen molar-refractivity contribution >= 4 is 16.8 Å². The van der Waals surface area contributed by atoms with Gasteiger partial charge in [-0.2, -0.15) is 0 Å². The predicted octanol–water partition coefficient (Wildman–Crippen LogP) is 5.01. The summed E-state index contributed by atoms with van der Waals surface area (Å²) in [5.41, 5.74) is 3.69. The number of hydrogen-bond acceptors (Lipinski definition) is 4. The Morgan fingerprint density at radius 3 is 2.48 bits per heavy atom. The van der Waals surface area contributed by atoms with Crippen molar-refractivity contribution < 1.29 is 13.9 Å². The Hall–Kier alpha value is -2.88. The van der Waals surface area contributed by atoms with E-state index in [2.05, 4.69) is 6.92 Å². The second-order valence-corrected chi connectivity index (χ2v) is 6.91. The summed E-state index contributed by atoms with van der Waals surface area (Å²) in [6, 6.07) is 12.7. The number of unbranched alkanes of at least 4 members (excludes halogenated alkanes) is 1. The number of benzene rings is 2. The van der Waals surface area contributed by atoms with Crippen LogP contribution in [0.2, 0.25) is 0 Å². The van der Waals surface area contributed by atoms with Crippen LogP contribution in [0, 0.1) is 13.8 Å². The number of fused-ring (bicyclic) bond motifs is 1. The molecule has 27 heavy (non-hydrogen) atoms. The van der Waals surface area contributed by atoms with Crippen molar-refractivity contribution in [3.05, 3.63) is 75.1 Å². The van der Waals surface area contributed by atoms with Crippen LogP contribution in [0.5, 0.6) is 5.75 Å². The number of ketones is 1. The van der Waals surface area contributed by atoms with Crippen LogP contribution < -0.4 is 10.4 Å². The molecule has 3 aromatic rings. The lowest BCUT2D eigenvalue weighted by Crippen LogP contribution is -2.12. The third kappa shape index (κ3) is 4.45. The molecule has 1 heterocycles. The molecule has 0 aliphatic rings. The summed E-state index contributed by atoms with van der Waals surface area (Å²) in [5, 5.41) is 0.783. The molecule has 0 fully saturated rings. The number of hydrogen-bond donors (Lipinski definition) is 0. The number of rotatable bonds is 7. The molecule has 0 N–H and O–H groups in total. The zero-order chi connectivity index (χ0) is 19.4. The summed E-state index contributed by atoms with van der Waals surface area (Å²) in [6.45, 7) is 5.94. The van der Waals surface area contributed by atoms with E-state index in [9.17, 15) is 9.59 Å². The number of carbonyl (C=O) groups excluding carboxylic acids is 1. The van der Waals surface area contributed by atoms with Crippen LogP contribution in [-0.4, -0.2) is 12.4 Å². The first-order chi connectivity index (χ1) is 13.0. The van der Waals surface area contributed by atoms with Gasteiger partial charge in [-0.05, 0) is 49.9 Å². The molecular formula is C23H24O4. The van der Waals surface area contributed by atoms with Crippen LogP contribution >= 0.6 is 0 Å². The van der Waals surface area contributed by atoms with Crippen molar-refractivity contribution in [1.82, 2.24) is 0 Å². The van der Waals surface area contributed by atoms with Gasteiger partial charge in [0.25, 0.3) is 0 Å². The highest BCUT2D eigenvalue weighted by molar-refractivity contribution is 5.97. The maximum atomic E-state index is 12.5. The van der Waals surface area contributed by atoms with Crippen molar-refractivity contribution in [2.24, 2.45) is 0 Å². The van der Waals surface area contributed by atoms with Gasteiger partial charge < -0.3 is 9.15 Å². The lowest BCUT2D eigenvalue weighted by atomic mass is 10.0. The Morgan fingerprint density at radius 1 is 1.04 bits per heavy atom. The Kier molecular flexibility index (Phi) is 5.75. The molecule has 0 radical (unpaired) electrons. The highest BCUT2D eigenvalue weighted by atomic mass is 16.5. The number of Topliss-reactive ketones (excluding diaryl/α,β-unsaturated/α-hetero) is 1. The monoisotopic (exact) mass is 364 g/mol. The van der Waals surface area contributed by atoms with Gasteiger partial charge in [-0.3, -0.25) is 4.79 Å². The predicted molar refractivity (Wildman–Crippen MR) is 107 cm³/mol. The fraction of sp³-hybridized carbons (Fsp3) is 0.304. The second kappa shape index (κ2) is 8.21. The normalized spacial score (nSPS) is 10.9. The maximum absolute atomic E-state index is 12.5. The first-order valence-corrected chi connectivity index (χ1v) is 9.28. The first-order valence-electron chi connectivity index (χ1n) is 9.28. The lowest BCUT2D eigenvalue weighted by molar-refractivity contribution is 0.0922. The van der Waals surface area contributed by atoms with Gasteiger partial charge in [0.2, 0.25) is 0 Å². The van der Waals surface area contributed by atoms with Gasteiger partial charge in [0.15, 0.2) is 12.4 Å². The average Bonchev–Trinajstić information content (AvgIpc) is 2.63. The van der Waals surface area contributed by atoms with Gasteiger partial charge in [0.1, 0.15) is 11.3 Å². The Balaban J connectivity index is 1.94. The average molecular weight is 364 g/mol. The third-order valence-electron chi connectivity index (χ3n) is 4.57. The van der Waals surface area contributed by atoms with Crippen LogP contribution in [0.4, 0.5) is 0 Å². The Bertz CT molecular complexity index is 1010. The molecule has 0 amide bonds. The van der Waals surface area contributed by atoms with Gasteiger partial charge in [0, 0.05) is 11.6 Å². The quantitative estimate of drug-likeness (QED) is 0.437. The van der Waals surface area contributed by atoms with Crippen LogP contribution in [0.15, 0.2) is 51.7 Å². The molecular weight excluding hydrogens is 340 g/mol. The van der Waals surface area contributed by atoms with E-state index >= 15 is 0 Å². The van der Waals surface area contributed by atoms with Crippen molar-refractivity contribution in [3.8, 4) is 5.75 Å². The topological polar surface area (TPSA) is 56.5 Å². The van der Waals surface area contributed by atoms with Crippen LogP contribution in [0.1, 0.15) is 46.8 Å². The van der Waals surface area contributed by atoms with Crippen molar-refractivity contribution in [1.29, 1.82) is 0 Å². The minimum Gasteiger partial charge on any atom is -0.485 e. The molecule has 0 atom stereocenters. The van der Waals surface area contributed by atoms with E-state index in [1.165, 1.54) is 6.07 Å². The summed E-state index contributed by atoms with van der Waals surface area (Å²) in [6.07, 6.45) is 2.76. The molecule has 4 heteroatoms. The molecule has 0 aliphatic heterocycles. The van der Waals surface area contributed by atoms with Crippen molar-refractivity contribution in [2.45, 2.75) is 40.0 Å². The van der Waals surface area contributed by atoms with Gasteiger partial charge >= 0.3 is 5.63 Å². The Labute approximate surface area is 158 Å². The standard InChI is InChI=1S/C23H24O4/c1-4-5-6-18-13-22(25)27-21-12-16(3)11-20(23(18)21)26-14-19(24)17-9-7-15(2)8-10-17/h7-13H,4-6,14H2,1-3H3. The molecule has 0 aliphatic carbocycles. The number of carbonyl (C=O) groups is 1. The van der Waals surface area contributed by atoms with E-state index in [0.717, 1.165) is 41.3 Å². The summed E-state index contributed by atoms with van der Waals surface area (Å²) in [4.78, 5) is 24.4. The minimum absolute atomic E-state index is 0.0615. The summed E-state index contributed by atoms with van der Waals surface area (Å²) >= 11 is 0. The van der Waals surface area contributed by atoms with Gasteiger partial charge in [-0.25, -0.2) is 4.79 Å². The molecule has 0 bridgehead atoms. The maximum Gasteiger partial charge on any atom is 0.336 e. The van der Waals surface area contributed by atoms with Gasteiger partial charge in [-0.1, -0.05) is 43.2 Å². The highest BCUT2D eigenvalue weighted by Gasteiger charge is 2.14. The highest BCUT2D eigenvalue weighted by Crippen LogP contribution is 2.31. The first kappa shape index (κ1) is 18.9. The van der Waals surface area contributed by atoms with E-state index in [1.54, 1.807) is 12.1 Å². The van der Waals surface area contributed by atoms with E-state index in [0.29, 0.717) is 16.9 Å².